The van der Waals surface area contributed by atoms with Gasteiger partial charge in [-0.25, -0.2) is 0 Å². The van der Waals surface area contributed by atoms with Crippen molar-refractivity contribution in [3.05, 3.63) is 29.3 Å². The molecule has 0 saturated heterocycles. The second kappa shape index (κ2) is 8.34. The number of thioether (sulfide) groups is 1. The predicted molar refractivity (Wildman–Crippen MR) is 88.2 cm³/mol. The number of nitriles is 1. The van der Waals surface area contributed by atoms with Gasteiger partial charge in [-0.2, -0.15) is 5.26 Å². The van der Waals surface area contributed by atoms with Gasteiger partial charge < -0.3 is 0 Å². The highest BCUT2D eigenvalue weighted by molar-refractivity contribution is 7.99. The highest BCUT2D eigenvalue weighted by atomic mass is 32.2. The van der Waals surface area contributed by atoms with Gasteiger partial charge in [-0.05, 0) is 68.7 Å². The minimum Gasteiger partial charge on any atom is -0.300 e. The zero-order valence-electron chi connectivity index (χ0n) is 13.1. The molecule has 0 aliphatic carbocycles. The maximum atomic E-state index is 9.37. The highest BCUT2D eigenvalue weighted by Crippen LogP contribution is 2.24. The molecule has 0 aromatic heterocycles. The maximum Gasteiger partial charge on any atom is 0.106 e. The molecule has 0 bridgehead atoms. The Bertz CT molecular complexity index is 465. The van der Waals surface area contributed by atoms with Crippen LogP contribution in [-0.2, 0) is 0 Å². The van der Waals surface area contributed by atoms with E-state index in [1.165, 1.54) is 16.0 Å². The Morgan fingerprint density at radius 1 is 1.25 bits per heavy atom. The molecular formula is C17H26N2S. The summed E-state index contributed by atoms with van der Waals surface area (Å²) < 4.78 is 0. The molecule has 1 atom stereocenters. The van der Waals surface area contributed by atoms with Crippen LogP contribution in [0.4, 0.5) is 0 Å². The summed E-state index contributed by atoms with van der Waals surface area (Å²) in [5.41, 5.74) is 2.36. The van der Waals surface area contributed by atoms with Gasteiger partial charge in [-0.15, -0.1) is 11.8 Å². The van der Waals surface area contributed by atoms with Crippen molar-refractivity contribution in [2.45, 2.75) is 57.4 Å². The SMILES string of the molecule is CCNC(C#N)(CC)CCCSc1ccc(C)c(C)c1. The molecule has 110 valence electrons. The molecule has 0 saturated carbocycles. The van der Waals surface area contributed by atoms with Crippen LogP contribution in [0.3, 0.4) is 0 Å². The van der Waals surface area contributed by atoms with Crippen molar-refractivity contribution < 1.29 is 0 Å². The first-order chi connectivity index (χ1) is 9.56. The lowest BCUT2D eigenvalue weighted by Gasteiger charge is -2.25. The summed E-state index contributed by atoms with van der Waals surface area (Å²) in [6.07, 6.45) is 2.85. The zero-order chi connectivity index (χ0) is 15.0. The van der Waals surface area contributed by atoms with Crippen molar-refractivity contribution in [2.24, 2.45) is 0 Å². The maximum absolute atomic E-state index is 9.37. The van der Waals surface area contributed by atoms with Crippen molar-refractivity contribution >= 4 is 11.8 Å². The van der Waals surface area contributed by atoms with Crippen LogP contribution in [0.15, 0.2) is 23.1 Å². The molecule has 20 heavy (non-hydrogen) atoms. The largest absolute Gasteiger partial charge is 0.300 e. The van der Waals surface area contributed by atoms with Gasteiger partial charge in [-0.1, -0.05) is 19.9 Å². The predicted octanol–water partition coefficient (Wildman–Crippen LogP) is 4.46. The van der Waals surface area contributed by atoms with Crippen LogP contribution in [0.2, 0.25) is 0 Å². The standard InChI is InChI=1S/C17H26N2S/c1-5-17(13-18,19-6-2)10-7-11-20-16-9-8-14(3)15(4)12-16/h8-9,12,19H,5-7,10-11H2,1-4H3. The third-order valence-corrected chi connectivity index (χ3v) is 4.91. The Morgan fingerprint density at radius 3 is 2.55 bits per heavy atom. The number of nitrogens with one attached hydrogen (secondary N) is 1. The molecule has 1 rings (SSSR count). The molecule has 0 aliphatic rings. The van der Waals surface area contributed by atoms with Crippen LogP contribution >= 0.6 is 11.8 Å². The number of nitrogens with zero attached hydrogens (tertiary/aromatic N) is 1. The van der Waals surface area contributed by atoms with Crippen molar-refractivity contribution in [2.75, 3.05) is 12.3 Å². The van der Waals surface area contributed by atoms with E-state index in [9.17, 15) is 5.26 Å². The molecule has 0 aliphatic heterocycles. The van der Waals surface area contributed by atoms with Crippen LogP contribution in [0.1, 0.15) is 44.2 Å². The molecule has 3 heteroatoms. The van der Waals surface area contributed by atoms with Gasteiger partial charge >= 0.3 is 0 Å². The van der Waals surface area contributed by atoms with Crippen LogP contribution in [-0.4, -0.2) is 17.8 Å². The lowest BCUT2D eigenvalue weighted by atomic mass is 9.92. The molecule has 0 radical (unpaired) electrons. The summed E-state index contributed by atoms with van der Waals surface area (Å²) in [6.45, 7) is 9.30. The fraction of sp³-hybridized carbons (Fsp3) is 0.588. The highest BCUT2D eigenvalue weighted by Gasteiger charge is 2.25. The molecule has 2 nitrogen and oxygen atoms in total. The van der Waals surface area contributed by atoms with E-state index in [-0.39, 0.29) is 5.54 Å². The lowest BCUT2D eigenvalue weighted by molar-refractivity contribution is 0.379. The average molecular weight is 290 g/mol. The molecule has 0 spiro atoms. The number of hydrogen-bond acceptors (Lipinski definition) is 3. The van der Waals surface area contributed by atoms with E-state index < -0.39 is 0 Å². The number of rotatable bonds is 8. The summed E-state index contributed by atoms with van der Waals surface area (Å²) in [5.74, 6) is 1.07. The van der Waals surface area contributed by atoms with Gasteiger partial charge in [0.25, 0.3) is 0 Å². The first-order valence-electron chi connectivity index (χ1n) is 7.43. The smallest absolute Gasteiger partial charge is 0.106 e. The van der Waals surface area contributed by atoms with E-state index in [1.807, 2.05) is 11.8 Å². The van der Waals surface area contributed by atoms with Gasteiger partial charge in [0.15, 0.2) is 0 Å². The van der Waals surface area contributed by atoms with E-state index in [4.69, 9.17) is 0 Å². The molecule has 0 fully saturated rings. The van der Waals surface area contributed by atoms with Crippen LogP contribution in [0.5, 0.6) is 0 Å². The summed E-state index contributed by atoms with van der Waals surface area (Å²) >= 11 is 1.89. The van der Waals surface area contributed by atoms with Gasteiger partial charge in [0, 0.05) is 4.90 Å². The summed E-state index contributed by atoms with van der Waals surface area (Å²) in [5, 5.41) is 12.7. The number of benzene rings is 1. The normalized spacial score (nSPS) is 13.8. The van der Waals surface area contributed by atoms with Crippen molar-refractivity contribution in [3.8, 4) is 6.07 Å². The third kappa shape index (κ3) is 4.85. The average Bonchev–Trinajstić information content (AvgIpc) is 2.46. The lowest BCUT2D eigenvalue weighted by Crippen LogP contribution is -2.43. The second-order valence-electron chi connectivity index (χ2n) is 5.28. The minimum absolute atomic E-state index is 0.335. The fourth-order valence-corrected chi connectivity index (χ4v) is 3.22. The topological polar surface area (TPSA) is 35.8 Å². The first-order valence-corrected chi connectivity index (χ1v) is 8.41. The van der Waals surface area contributed by atoms with Crippen molar-refractivity contribution in [1.82, 2.24) is 5.32 Å². The Morgan fingerprint density at radius 2 is 2.00 bits per heavy atom. The van der Waals surface area contributed by atoms with Crippen molar-refractivity contribution in [3.63, 3.8) is 0 Å². The molecule has 0 amide bonds. The summed E-state index contributed by atoms with van der Waals surface area (Å²) in [6, 6.07) is 9.08. The Labute approximate surface area is 128 Å². The fourth-order valence-electron chi connectivity index (χ4n) is 2.27. The molecule has 1 aromatic carbocycles. The first kappa shape index (κ1) is 17.1. The molecule has 1 N–H and O–H groups in total. The number of aryl methyl sites for hydroxylation is 2. The Hall–Kier alpha value is -0.980. The van der Waals surface area contributed by atoms with Crippen molar-refractivity contribution in [1.29, 1.82) is 5.26 Å². The van der Waals surface area contributed by atoms with Gasteiger partial charge in [0.05, 0.1) is 6.07 Å². The minimum atomic E-state index is -0.335. The van der Waals surface area contributed by atoms with E-state index in [2.05, 4.69) is 57.3 Å². The van der Waals surface area contributed by atoms with Crippen LogP contribution < -0.4 is 5.32 Å². The summed E-state index contributed by atoms with van der Waals surface area (Å²) in [7, 11) is 0. The van der Waals surface area contributed by atoms with Crippen LogP contribution in [0.25, 0.3) is 0 Å². The molecule has 1 aromatic rings. The molecule has 0 heterocycles. The third-order valence-electron chi connectivity index (χ3n) is 3.83. The Kier molecular flexibility index (Phi) is 7.12. The summed E-state index contributed by atoms with van der Waals surface area (Å²) in [4.78, 5) is 1.33. The number of hydrogen-bond donors (Lipinski definition) is 1. The molecule has 1 unspecified atom stereocenters. The van der Waals surface area contributed by atoms with E-state index in [0.717, 1.165) is 31.6 Å². The quantitative estimate of drug-likeness (QED) is 0.567. The van der Waals surface area contributed by atoms with E-state index >= 15 is 0 Å². The van der Waals surface area contributed by atoms with Gasteiger partial charge in [-0.3, -0.25) is 5.32 Å². The zero-order valence-corrected chi connectivity index (χ0v) is 13.9. The monoisotopic (exact) mass is 290 g/mol. The molecular weight excluding hydrogens is 264 g/mol. The van der Waals surface area contributed by atoms with E-state index in [1.54, 1.807) is 0 Å². The van der Waals surface area contributed by atoms with Gasteiger partial charge in [0.1, 0.15) is 5.54 Å². The Balaban J connectivity index is 2.44. The van der Waals surface area contributed by atoms with Crippen LogP contribution in [0, 0.1) is 25.2 Å². The van der Waals surface area contributed by atoms with Gasteiger partial charge in [0.2, 0.25) is 0 Å². The second-order valence-corrected chi connectivity index (χ2v) is 6.44. The van der Waals surface area contributed by atoms with E-state index in [0.29, 0.717) is 0 Å².